The molecule has 4 rings (SSSR count). The molecule has 0 aliphatic rings. The van der Waals surface area contributed by atoms with Gasteiger partial charge in [0.2, 0.25) is 0 Å². The van der Waals surface area contributed by atoms with E-state index in [9.17, 15) is 28.1 Å². The molecule has 2 heterocycles. The average molecular weight is 430 g/mol. The SMILES string of the molecule is O=c1c2nc([N+](=O)[O-])cn2ccn1Cc1ccc(-c2cccc(OC(F)(F)F)c2)cc1. The van der Waals surface area contributed by atoms with Crippen LogP contribution in [0.25, 0.3) is 16.8 Å². The summed E-state index contributed by atoms with van der Waals surface area (Å²) in [6.45, 7) is 0.188. The molecule has 0 saturated heterocycles. The minimum Gasteiger partial charge on any atom is -0.406 e. The first-order chi connectivity index (χ1) is 14.7. The van der Waals surface area contributed by atoms with E-state index in [1.807, 2.05) is 0 Å². The van der Waals surface area contributed by atoms with E-state index in [1.54, 1.807) is 30.3 Å². The largest absolute Gasteiger partial charge is 0.573 e. The molecule has 0 amide bonds. The normalized spacial score (nSPS) is 11.6. The van der Waals surface area contributed by atoms with Crippen LogP contribution in [0.1, 0.15) is 5.56 Å². The molecule has 11 heteroatoms. The molecule has 31 heavy (non-hydrogen) atoms. The monoisotopic (exact) mass is 430 g/mol. The van der Waals surface area contributed by atoms with Gasteiger partial charge in [-0.05, 0) is 38.7 Å². The predicted molar refractivity (Wildman–Crippen MR) is 104 cm³/mol. The lowest BCUT2D eigenvalue weighted by Crippen LogP contribution is -2.22. The Kier molecular flexibility index (Phi) is 4.93. The Bertz CT molecular complexity index is 1330. The van der Waals surface area contributed by atoms with Gasteiger partial charge in [0.25, 0.3) is 0 Å². The standard InChI is InChI=1S/C20H13F3N4O4/c21-20(22,23)31-16-3-1-2-15(10-16)14-6-4-13(5-7-14)11-26-9-8-25-12-17(27(29)30)24-18(25)19(26)28/h1-10,12H,11H2. The van der Waals surface area contributed by atoms with Gasteiger partial charge in [-0.1, -0.05) is 36.4 Å². The molecule has 2 aromatic carbocycles. The maximum Gasteiger partial charge on any atom is 0.573 e. The average Bonchev–Trinajstić information content (AvgIpc) is 3.15. The number of hydrogen-bond acceptors (Lipinski definition) is 5. The summed E-state index contributed by atoms with van der Waals surface area (Å²) in [5.74, 6) is -0.737. The van der Waals surface area contributed by atoms with Gasteiger partial charge in [0.15, 0.2) is 0 Å². The molecular weight excluding hydrogens is 417 g/mol. The van der Waals surface area contributed by atoms with Crippen molar-refractivity contribution in [3.05, 3.63) is 93.2 Å². The van der Waals surface area contributed by atoms with E-state index in [0.29, 0.717) is 11.1 Å². The van der Waals surface area contributed by atoms with Gasteiger partial charge in [-0.2, -0.15) is 0 Å². The second-order valence-corrected chi connectivity index (χ2v) is 6.59. The Morgan fingerprint density at radius 3 is 2.48 bits per heavy atom. The van der Waals surface area contributed by atoms with Gasteiger partial charge in [-0.25, -0.2) is 0 Å². The summed E-state index contributed by atoms with van der Waals surface area (Å²) in [5.41, 5.74) is 1.41. The zero-order valence-electron chi connectivity index (χ0n) is 15.6. The molecule has 2 aromatic heterocycles. The zero-order valence-corrected chi connectivity index (χ0v) is 15.6. The van der Waals surface area contributed by atoms with E-state index in [-0.39, 0.29) is 17.9 Å². The maximum atomic E-state index is 12.6. The first kappa shape index (κ1) is 20.1. The number of fused-ring (bicyclic) bond motifs is 1. The van der Waals surface area contributed by atoms with Crippen LogP contribution in [0, 0.1) is 10.1 Å². The molecule has 0 saturated carbocycles. The number of alkyl halides is 3. The topological polar surface area (TPSA) is 91.7 Å². The van der Waals surface area contributed by atoms with Crippen LogP contribution in [-0.2, 0) is 6.54 Å². The van der Waals surface area contributed by atoms with E-state index in [1.165, 1.54) is 39.6 Å². The van der Waals surface area contributed by atoms with E-state index >= 15 is 0 Å². The molecule has 8 nitrogen and oxygen atoms in total. The molecule has 4 aromatic rings. The van der Waals surface area contributed by atoms with Gasteiger partial charge in [-0.15, -0.1) is 13.2 Å². The fourth-order valence-electron chi connectivity index (χ4n) is 3.09. The molecule has 0 spiro atoms. The summed E-state index contributed by atoms with van der Waals surface area (Å²) in [5, 5.41) is 10.9. The molecule has 0 fully saturated rings. The highest BCUT2D eigenvalue weighted by Gasteiger charge is 2.31. The Morgan fingerprint density at radius 1 is 1.06 bits per heavy atom. The number of ether oxygens (including phenoxy) is 1. The quantitative estimate of drug-likeness (QED) is 0.352. The van der Waals surface area contributed by atoms with Crippen molar-refractivity contribution in [3.8, 4) is 16.9 Å². The molecule has 0 unspecified atom stereocenters. The third-order valence-corrected chi connectivity index (χ3v) is 4.47. The van der Waals surface area contributed by atoms with Crippen molar-refractivity contribution in [1.29, 1.82) is 0 Å². The highest BCUT2D eigenvalue weighted by atomic mass is 19.4. The Hall–Kier alpha value is -4.15. The number of halogens is 3. The second kappa shape index (κ2) is 7.59. The van der Waals surface area contributed by atoms with Crippen molar-refractivity contribution in [2.75, 3.05) is 0 Å². The summed E-state index contributed by atoms with van der Waals surface area (Å²) < 4.78 is 43.8. The smallest absolute Gasteiger partial charge is 0.406 e. The first-order valence-electron chi connectivity index (χ1n) is 8.87. The number of benzene rings is 2. The lowest BCUT2D eigenvalue weighted by Gasteiger charge is -2.11. The first-order valence-corrected chi connectivity index (χ1v) is 8.87. The van der Waals surface area contributed by atoms with Crippen molar-refractivity contribution < 1.29 is 22.8 Å². The Balaban J connectivity index is 1.57. The summed E-state index contributed by atoms with van der Waals surface area (Å²) in [7, 11) is 0. The highest BCUT2D eigenvalue weighted by molar-refractivity contribution is 5.65. The van der Waals surface area contributed by atoms with Crippen LogP contribution in [-0.4, -0.2) is 25.2 Å². The van der Waals surface area contributed by atoms with Crippen molar-refractivity contribution in [2.45, 2.75) is 12.9 Å². The summed E-state index contributed by atoms with van der Waals surface area (Å²) in [6.07, 6.45) is -0.623. The minimum absolute atomic E-state index is 0.0627. The van der Waals surface area contributed by atoms with Crippen LogP contribution in [0.15, 0.2) is 71.9 Å². The summed E-state index contributed by atoms with van der Waals surface area (Å²) in [6, 6.07) is 12.5. The molecule has 0 aliphatic carbocycles. The van der Waals surface area contributed by atoms with Gasteiger partial charge in [-0.3, -0.25) is 9.20 Å². The van der Waals surface area contributed by atoms with Gasteiger partial charge in [0.1, 0.15) is 11.9 Å². The molecular formula is C20H13F3N4O4. The number of nitrogens with zero attached hydrogens (tertiary/aromatic N) is 4. The van der Waals surface area contributed by atoms with E-state index in [2.05, 4.69) is 9.72 Å². The molecule has 0 aliphatic heterocycles. The van der Waals surface area contributed by atoms with Crippen molar-refractivity contribution >= 4 is 11.5 Å². The number of nitro groups is 1. The second-order valence-electron chi connectivity index (χ2n) is 6.59. The van der Waals surface area contributed by atoms with Crippen molar-refractivity contribution in [2.24, 2.45) is 0 Å². The van der Waals surface area contributed by atoms with Gasteiger partial charge < -0.3 is 19.4 Å². The number of aromatic nitrogens is 3. The van der Waals surface area contributed by atoms with E-state index < -0.39 is 22.7 Å². The fourth-order valence-corrected chi connectivity index (χ4v) is 3.09. The lowest BCUT2D eigenvalue weighted by atomic mass is 10.0. The molecule has 0 atom stereocenters. The van der Waals surface area contributed by atoms with Crippen LogP contribution < -0.4 is 10.3 Å². The molecule has 0 radical (unpaired) electrons. The van der Waals surface area contributed by atoms with Gasteiger partial charge in [0.05, 0.1) is 6.54 Å². The van der Waals surface area contributed by atoms with Crippen molar-refractivity contribution in [3.63, 3.8) is 0 Å². The van der Waals surface area contributed by atoms with Crippen LogP contribution in [0.4, 0.5) is 19.0 Å². The van der Waals surface area contributed by atoms with E-state index in [0.717, 1.165) is 11.8 Å². The minimum atomic E-state index is -4.77. The maximum absolute atomic E-state index is 12.6. The number of hydrogen-bond donors (Lipinski definition) is 0. The van der Waals surface area contributed by atoms with Crippen LogP contribution >= 0.6 is 0 Å². The molecule has 0 bridgehead atoms. The third-order valence-electron chi connectivity index (χ3n) is 4.47. The van der Waals surface area contributed by atoms with Gasteiger partial charge in [0, 0.05) is 12.4 Å². The Labute approximate surface area is 171 Å². The zero-order chi connectivity index (χ0) is 22.2. The third kappa shape index (κ3) is 4.39. The fraction of sp³-hybridized carbons (Fsp3) is 0.100. The summed E-state index contributed by atoms with van der Waals surface area (Å²) in [4.78, 5) is 26.5. The van der Waals surface area contributed by atoms with Crippen LogP contribution in [0.2, 0.25) is 0 Å². The molecule has 158 valence electrons. The Morgan fingerprint density at radius 2 is 1.81 bits per heavy atom. The van der Waals surface area contributed by atoms with E-state index in [4.69, 9.17) is 0 Å². The van der Waals surface area contributed by atoms with Gasteiger partial charge >= 0.3 is 23.4 Å². The number of rotatable bonds is 5. The predicted octanol–water partition coefficient (Wildman–Crippen LogP) is 4.02. The van der Waals surface area contributed by atoms with Crippen LogP contribution in [0.3, 0.4) is 0 Å². The number of imidazole rings is 1. The van der Waals surface area contributed by atoms with Crippen molar-refractivity contribution in [1.82, 2.24) is 14.0 Å². The van der Waals surface area contributed by atoms with Crippen LogP contribution in [0.5, 0.6) is 5.75 Å². The molecule has 0 N–H and O–H groups in total. The highest BCUT2D eigenvalue weighted by Crippen LogP contribution is 2.28. The summed E-state index contributed by atoms with van der Waals surface area (Å²) >= 11 is 0. The lowest BCUT2D eigenvalue weighted by molar-refractivity contribution is -0.389.